The van der Waals surface area contributed by atoms with E-state index < -0.39 is 59.9 Å². The van der Waals surface area contributed by atoms with Gasteiger partial charge >= 0.3 is 10.4 Å². The lowest BCUT2D eigenvalue weighted by molar-refractivity contribution is -0.298. The van der Waals surface area contributed by atoms with Crippen LogP contribution in [0, 0.1) is 0 Å². The Morgan fingerprint density at radius 1 is 0.722 bits per heavy atom. The largest absolute Gasteiger partial charge is 0.397 e. The van der Waals surface area contributed by atoms with Crippen molar-refractivity contribution < 1.29 is 51.8 Å². The molecule has 7 atom stereocenters. The Balaban J connectivity index is 2.53. The van der Waals surface area contributed by atoms with E-state index in [4.69, 9.17) is 14.0 Å². The first-order chi connectivity index (χ1) is 26.0. The molecule has 1 heterocycles. The molecule has 0 saturated carbocycles. The molecule has 12 nitrogen and oxygen atoms in total. The predicted molar refractivity (Wildman–Crippen MR) is 213 cm³/mol. The van der Waals surface area contributed by atoms with Gasteiger partial charge in [0.1, 0.15) is 24.4 Å². The molecule has 54 heavy (non-hydrogen) atoms. The number of nitrogens with one attached hydrogen (secondary N) is 1. The third-order valence-electron chi connectivity index (χ3n) is 10.3. The number of allylic oxidation sites excluding steroid dienone is 1. The number of amides is 1. The average molecular weight is 794 g/mol. The van der Waals surface area contributed by atoms with Gasteiger partial charge in [-0.05, 0) is 19.3 Å². The first-order valence-electron chi connectivity index (χ1n) is 21.6. The fraction of sp³-hybridized carbons (Fsp3) is 0.927. The molecule has 1 fully saturated rings. The summed E-state index contributed by atoms with van der Waals surface area (Å²) >= 11 is 0. The van der Waals surface area contributed by atoms with Crippen LogP contribution in [0.25, 0.3) is 0 Å². The van der Waals surface area contributed by atoms with Crippen molar-refractivity contribution in [3.8, 4) is 0 Å². The minimum atomic E-state index is -5.08. The van der Waals surface area contributed by atoms with E-state index in [-0.39, 0.29) is 18.9 Å². The summed E-state index contributed by atoms with van der Waals surface area (Å²) in [7, 11) is -5.08. The van der Waals surface area contributed by atoms with Gasteiger partial charge < -0.3 is 35.2 Å². The first-order valence-corrected chi connectivity index (χ1v) is 22.9. The number of carbonyl (C=O) groups is 1. The zero-order valence-electron chi connectivity index (χ0n) is 33.8. The summed E-state index contributed by atoms with van der Waals surface area (Å²) in [6.45, 7) is 3.35. The second kappa shape index (κ2) is 32.9. The minimum Gasteiger partial charge on any atom is -0.394 e. The Hall–Kier alpha value is -1.16. The van der Waals surface area contributed by atoms with Crippen LogP contribution in [0.4, 0.5) is 0 Å². The van der Waals surface area contributed by atoms with Gasteiger partial charge in [0.15, 0.2) is 6.29 Å². The Labute approximate surface area is 328 Å². The molecule has 1 rings (SSSR count). The zero-order valence-corrected chi connectivity index (χ0v) is 34.6. The molecule has 0 spiro atoms. The summed E-state index contributed by atoms with van der Waals surface area (Å²) in [6.07, 6.45) is 25.5. The zero-order chi connectivity index (χ0) is 39.9. The number of rotatable bonds is 36. The Kier molecular flexibility index (Phi) is 31.0. The van der Waals surface area contributed by atoms with Crippen molar-refractivity contribution in [2.45, 2.75) is 230 Å². The summed E-state index contributed by atoms with van der Waals surface area (Å²) in [4.78, 5) is 12.9. The molecule has 0 aromatic rings. The van der Waals surface area contributed by atoms with Crippen LogP contribution in [0.5, 0.6) is 0 Å². The van der Waals surface area contributed by atoms with Crippen molar-refractivity contribution in [2.75, 3.05) is 13.2 Å². The van der Waals surface area contributed by atoms with Crippen LogP contribution in [-0.2, 0) is 28.9 Å². The second-order valence-corrected chi connectivity index (χ2v) is 16.3. The SMILES string of the molecule is CCCCCCCCCCCCCCCCCC/C=C/C(O)C(COC1OC(CO)C(O)C(OS(=O)(=O)O)C1O)NC(=O)CCCCCCCCCCC. The molecule has 0 radical (unpaired) electrons. The highest BCUT2D eigenvalue weighted by molar-refractivity contribution is 7.80. The van der Waals surface area contributed by atoms with Crippen LogP contribution in [0.15, 0.2) is 12.2 Å². The van der Waals surface area contributed by atoms with Gasteiger partial charge in [-0.3, -0.25) is 9.35 Å². The maximum Gasteiger partial charge on any atom is 0.397 e. The van der Waals surface area contributed by atoms with Gasteiger partial charge in [-0.1, -0.05) is 174 Å². The molecule has 320 valence electrons. The van der Waals surface area contributed by atoms with Crippen molar-refractivity contribution in [3.63, 3.8) is 0 Å². The molecule has 13 heteroatoms. The maximum atomic E-state index is 12.9. The Bertz CT molecular complexity index is 1030. The number of unbranched alkanes of at least 4 members (excludes halogenated alkanes) is 24. The number of carbonyl (C=O) groups excluding carboxylic acids is 1. The minimum absolute atomic E-state index is 0.266. The van der Waals surface area contributed by atoms with E-state index in [1.165, 1.54) is 122 Å². The molecule has 0 bridgehead atoms. The molecule has 6 N–H and O–H groups in total. The van der Waals surface area contributed by atoms with E-state index in [0.29, 0.717) is 6.42 Å². The van der Waals surface area contributed by atoms with E-state index in [2.05, 4.69) is 23.3 Å². The summed E-state index contributed by atoms with van der Waals surface area (Å²) in [5.41, 5.74) is 0. The lowest BCUT2D eigenvalue weighted by Crippen LogP contribution is -2.61. The fourth-order valence-electron chi connectivity index (χ4n) is 6.92. The quantitative estimate of drug-likeness (QED) is 0.0208. The predicted octanol–water partition coefficient (Wildman–Crippen LogP) is 7.60. The molecule has 0 aromatic heterocycles. The molecular formula is C41H79NO11S. The molecular weight excluding hydrogens is 715 g/mol. The number of ether oxygens (including phenoxy) is 2. The van der Waals surface area contributed by atoms with E-state index in [9.17, 15) is 33.6 Å². The smallest absolute Gasteiger partial charge is 0.394 e. The van der Waals surface area contributed by atoms with Crippen LogP contribution < -0.4 is 5.32 Å². The van der Waals surface area contributed by atoms with Crippen molar-refractivity contribution in [1.29, 1.82) is 0 Å². The number of aliphatic hydroxyl groups excluding tert-OH is 4. The van der Waals surface area contributed by atoms with Crippen LogP contribution in [0.1, 0.15) is 187 Å². The van der Waals surface area contributed by atoms with Crippen LogP contribution in [0.3, 0.4) is 0 Å². The summed E-state index contributed by atoms with van der Waals surface area (Å²) in [5, 5.41) is 44.5. The molecule has 0 aromatic carbocycles. The topological polar surface area (TPSA) is 192 Å². The molecule has 1 amide bonds. The highest BCUT2D eigenvalue weighted by atomic mass is 32.3. The van der Waals surface area contributed by atoms with Gasteiger partial charge in [0.2, 0.25) is 5.91 Å². The molecule has 1 saturated heterocycles. The van der Waals surface area contributed by atoms with Crippen LogP contribution >= 0.6 is 0 Å². The van der Waals surface area contributed by atoms with E-state index in [0.717, 1.165) is 38.5 Å². The van der Waals surface area contributed by atoms with E-state index in [1.54, 1.807) is 6.08 Å². The van der Waals surface area contributed by atoms with Gasteiger partial charge in [-0.15, -0.1) is 0 Å². The normalized spacial score (nSPS) is 21.8. The highest BCUT2D eigenvalue weighted by Crippen LogP contribution is 2.26. The lowest BCUT2D eigenvalue weighted by atomic mass is 9.99. The summed E-state index contributed by atoms with van der Waals surface area (Å²) < 4.78 is 47.4. The van der Waals surface area contributed by atoms with E-state index >= 15 is 0 Å². The first kappa shape index (κ1) is 50.9. The van der Waals surface area contributed by atoms with Crippen molar-refractivity contribution in [3.05, 3.63) is 12.2 Å². The van der Waals surface area contributed by atoms with Crippen LogP contribution in [-0.4, -0.2) is 95.4 Å². The van der Waals surface area contributed by atoms with Crippen molar-refractivity contribution in [1.82, 2.24) is 5.32 Å². The standard InChI is InChI=1S/C41H79NO11S/c1-3-5-7-9-11-13-14-15-16-17-18-19-20-21-23-24-26-28-30-35(44)34(42-37(45)31-29-27-25-22-12-10-8-6-4-2)33-51-41-39(47)40(53-54(48,49)50)38(46)36(32-43)52-41/h28,30,34-36,38-41,43-44,46-47H,3-27,29,31-33H2,1-2H3,(H,42,45)(H,48,49,50)/b30-28+. The number of hydrogen-bond donors (Lipinski definition) is 6. The van der Waals surface area contributed by atoms with Gasteiger partial charge in [-0.25, -0.2) is 4.18 Å². The average Bonchev–Trinajstić information content (AvgIpc) is 3.14. The Morgan fingerprint density at radius 2 is 1.17 bits per heavy atom. The van der Waals surface area contributed by atoms with Gasteiger partial charge in [0.25, 0.3) is 0 Å². The van der Waals surface area contributed by atoms with Gasteiger partial charge in [0, 0.05) is 6.42 Å². The van der Waals surface area contributed by atoms with Gasteiger partial charge in [-0.2, -0.15) is 8.42 Å². The molecule has 7 unspecified atom stereocenters. The summed E-state index contributed by atoms with van der Waals surface area (Å²) in [6, 6.07) is -0.936. The molecule has 1 aliphatic rings. The monoisotopic (exact) mass is 794 g/mol. The third kappa shape index (κ3) is 25.9. The van der Waals surface area contributed by atoms with Gasteiger partial charge in [0.05, 0.1) is 25.4 Å². The lowest BCUT2D eigenvalue weighted by Gasteiger charge is -2.41. The maximum absolute atomic E-state index is 12.9. The van der Waals surface area contributed by atoms with Crippen LogP contribution in [0.2, 0.25) is 0 Å². The molecule has 0 aliphatic carbocycles. The fourth-order valence-corrected chi connectivity index (χ4v) is 7.43. The van der Waals surface area contributed by atoms with Crippen molar-refractivity contribution >= 4 is 16.3 Å². The second-order valence-electron chi connectivity index (χ2n) is 15.3. The van der Waals surface area contributed by atoms with Crippen molar-refractivity contribution in [2.24, 2.45) is 0 Å². The Morgan fingerprint density at radius 3 is 1.61 bits per heavy atom. The highest BCUT2D eigenvalue weighted by Gasteiger charge is 2.48. The molecule has 1 aliphatic heterocycles. The van der Waals surface area contributed by atoms with E-state index in [1.807, 2.05) is 6.08 Å². The third-order valence-corrected chi connectivity index (χ3v) is 10.8. The summed E-state index contributed by atoms with van der Waals surface area (Å²) in [5.74, 6) is -0.266. The number of aliphatic hydroxyl groups is 4. The number of hydrogen-bond acceptors (Lipinski definition) is 10.